The number of hydrogen-bond acceptors (Lipinski definition) is 5. The summed E-state index contributed by atoms with van der Waals surface area (Å²) >= 11 is 1.49. The van der Waals surface area contributed by atoms with Crippen molar-refractivity contribution in [1.29, 1.82) is 0 Å². The van der Waals surface area contributed by atoms with Crippen molar-refractivity contribution in [3.8, 4) is 0 Å². The molecule has 1 unspecified atom stereocenters. The van der Waals surface area contributed by atoms with Crippen LogP contribution >= 0.6 is 11.8 Å². The number of alkyl carbamates (subject to hydrolysis) is 1. The second-order valence-corrected chi connectivity index (χ2v) is 7.47. The minimum atomic E-state index is -0.639. The highest BCUT2D eigenvalue weighted by atomic mass is 32.2. The second-order valence-electron chi connectivity index (χ2n) is 6.42. The van der Waals surface area contributed by atoms with Gasteiger partial charge in [0.05, 0.1) is 11.8 Å². The molecule has 0 radical (unpaired) electrons. The summed E-state index contributed by atoms with van der Waals surface area (Å²) < 4.78 is 5.15. The molecule has 1 rings (SSSR count). The van der Waals surface area contributed by atoms with E-state index in [0.717, 1.165) is 10.5 Å². The molecular weight excluding hydrogens is 326 g/mol. The van der Waals surface area contributed by atoms with Gasteiger partial charge in [0.25, 0.3) is 0 Å². The van der Waals surface area contributed by atoms with Crippen LogP contribution in [-0.2, 0) is 20.7 Å². The topological polar surface area (TPSA) is 72.5 Å². The molecule has 24 heavy (non-hydrogen) atoms. The van der Waals surface area contributed by atoms with Crippen LogP contribution in [0.25, 0.3) is 0 Å². The number of rotatable bonds is 8. The zero-order chi connectivity index (χ0) is 18.2. The Balaban J connectivity index is 2.55. The highest BCUT2D eigenvalue weighted by molar-refractivity contribution is 8.00. The number of thioether (sulfide) groups is 1. The van der Waals surface area contributed by atoms with Crippen molar-refractivity contribution in [3.63, 3.8) is 0 Å². The smallest absolute Gasteiger partial charge is 0.408 e. The van der Waals surface area contributed by atoms with Gasteiger partial charge in [-0.25, -0.2) is 4.79 Å². The summed E-state index contributed by atoms with van der Waals surface area (Å²) in [6.07, 6.45) is 1.03. The molecular formula is C18H25NO4S. The third kappa shape index (κ3) is 8.15. The molecule has 1 atom stereocenters. The molecule has 5 nitrogen and oxygen atoms in total. The van der Waals surface area contributed by atoms with Crippen LogP contribution in [0.3, 0.4) is 0 Å². The highest BCUT2D eigenvalue weighted by Gasteiger charge is 2.19. The summed E-state index contributed by atoms with van der Waals surface area (Å²) in [6.45, 7) is 7.15. The van der Waals surface area contributed by atoms with Crippen molar-refractivity contribution in [3.05, 3.63) is 29.8 Å². The third-order valence-electron chi connectivity index (χ3n) is 3.04. The number of benzene rings is 1. The molecule has 0 bridgehead atoms. The van der Waals surface area contributed by atoms with E-state index in [9.17, 15) is 14.4 Å². The van der Waals surface area contributed by atoms with Crippen LogP contribution in [0.15, 0.2) is 29.2 Å². The number of carbonyl (C=O) groups is 3. The Labute approximate surface area is 147 Å². The number of ether oxygens (including phenoxy) is 1. The van der Waals surface area contributed by atoms with Crippen LogP contribution in [0, 0.1) is 0 Å². The van der Waals surface area contributed by atoms with Gasteiger partial charge < -0.3 is 14.8 Å². The maximum atomic E-state index is 11.7. The van der Waals surface area contributed by atoms with E-state index >= 15 is 0 Å². The lowest BCUT2D eigenvalue weighted by Gasteiger charge is -2.21. The Morgan fingerprint density at radius 2 is 1.88 bits per heavy atom. The van der Waals surface area contributed by atoms with E-state index in [1.807, 2.05) is 31.2 Å². The minimum Gasteiger partial charge on any atom is -0.444 e. The van der Waals surface area contributed by atoms with E-state index in [-0.39, 0.29) is 5.78 Å². The Morgan fingerprint density at radius 3 is 2.38 bits per heavy atom. The van der Waals surface area contributed by atoms with E-state index < -0.39 is 17.7 Å². The molecule has 0 heterocycles. The SMILES string of the molecule is CCC(=O)CSc1ccc(CC(C=O)NC(=O)OC(C)(C)C)cc1. The maximum Gasteiger partial charge on any atom is 0.408 e. The van der Waals surface area contributed by atoms with Crippen molar-refractivity contribution >= 4 is 29.9 Å². The molecule has 0 aliphatic rings. The molecule has 0 fully saturated rings. The van der Waals surface area contributed by atoms with Crippen LogP contribution in [0.4, 0.5) is 4.79 Å². The van der Waals surface area contributed by atoms with Crippen molar-refractivity contribution in [2.75, 3.05) is 5.75 Å². The van der Waals surface area contributed by atoms with Gasteiger partial charge in [-0.3, -0.25) is 4.79 Å². The molecule has 6 heteroatoms. The van der Waals surface area contributed by atoms with Crippen LogP contribution < -0.4 is 5.32 Å². The minimum absolute atomic E-state index is 0.214. The summed E-state index contributed by atoms with van der Waals surface area (Å²) in [5.41, 5.74) is 0.320. The lowest BCUT2D eigenvalue weighted by atomic mass is 10.1. The van der Waals surface area contributed by atoms with E-state index in [4.69, 9.17) is 4.74 Å². The van der Waals surface area contributed by atoms with Crippen LogP contribution in [-0.4, -0.2) is 35.6 Å². The molecule has 0 aliphatic carbocycles. The summed E-state index contributed by atoms with van der Waals surface area (Å²) in [7, 11) is 0. The van der Waals surface area contributed by atoms with Crippen molar-refractivity contribution in [2.45, 2.75) is 57.1 Å². The van der Waals surface area contributed by atoms with Gasteiger partial charge in [-0.1, -0.05) is 19.1 Å². The summed E-state index contributed by atoms with van der Waals surface area (Å²) in [5, 5.41) is 2.55. The lowest BCUT2D eigenvalue weighted by Crippen LogP contribution is -2.41. The van der Waals surface area contributed by atoms with Gasteiger partial charge in [-0.05, 0) is 44.9 Å². The maximum absolute atomic E-state index is 11.7. The number of carbonyl (C=O) groups excluding carboxylic acids is 3. The van der Waals surface area contributed by atoms with E-state index in [0.29, 0.717) is 24.9 Å². The van der Waals surface area contributed by atoms with Crippen molar-refractivity contribution in [2.24, 2.45) is 0 Å². The fourth-order valence-corrected chi connectivity index (χ4v) is 2.69. The average molecular weight is 351 g/mol. The van der Waals surface area contributed by atoms with Crippen molar-refractivity contribution < 1.29 is 19.1 Å². The Morgan fingerprint density at radius 1 is 1.25 bits per heavy atom. The van der Waals surface area contributed by atoms with E-state index in [1.165, 1.54) is 11.8 Å². The van der Waals surface area contributed by atoms with Gasteiger partial charge in [0, 0.05) is 11.3 Å². The van der Waals surface area contributed by atoms with Gasteiger partial charge in [0.1, 0.15) is 17.7 Å². The molecule has 1 amide bonds. The number of ketones is 1. The fourth-order valence-electron chi connectivity index (χ4n) is 1.83. The molecule has 0 aromatic heterocycles. The zero-order valence-electron chi connectivity index (χ0n) is 14.6. The fraction of sp³-hybridized carbons (Fsp3) is 0.500. The molecule has 1 aromatic rings. The van der Waals surface area contributed by atoms with Gasteiger partial charge in [-0.15, -0.1) is 11.8 Å². The number of aldehydes is 1. The largest absolute Gasteiger partial charge is 0.444 e. The first-order valence-electron chi connectivity index (χ1n) is 7.91. The predicted molar refractivity (Wildman–Crippen MR) is 95.4 cm³/mol. The molecule has 0 saturated carbocycles. The lowest BCUT2D eigenvalue weighted by molar-refractivity contribution is -0.116. The quantitative estimate of drug-likeness (QED) is 0.574. The second kappa shape index (κ2) is 9.47. The number of hydrogen-bond donors (Lipinski definition) is 1. The third-order valence-corrected chi connectivity index (χ3v) is 4.11. The first-order chi connectivity index (χ1) is 11.2. The van der Waals surface area contributed by atoms with Crippen LogP contribution in [0.1, 0.15) is 39.7 Å². The Bertz CT molecular complexity index is 563. The zero-order valence-corrected chi connectivity index (χ0v) is 15.4. The first kappa shape index (κ1) is 20.2. The number of nitrogens with one attached hydrogen (secondary N) is 1. The van der Waals surface area contributed by atoms with Gasteiger partial charge >= 0.3 is 6.09 Å². The van der Waals surface area contributed by atoms with Gasteiger partial charge in [0.15, 0.2) is 0 Å². The van der Waals surface area contributed by atoms with E-state index in [1.54, 1.807) is 20.8 Å². The number of Topliss-reactive ketones (excluding diaryl/α,β-unsaturated/α-hetero) is 1. The predicted octanol–water partition coefficient (Wildman–Crippen LogP) is 3.39. The molecule has 0 aliphatic heterocycles. The summed E-state index contributed by atoms with van der Waals surface area (Å²) in [6, 6.07) is 6.98. The van der Waals surface area contributed by atoms with Gasteiger partial charge in [-0.2, -0.15) is 0 Å². The Hall–Kier alpha value is -1.82. The normalized spacial score (nSPS) is 12.3. The van der Waals surface area contributed by atoms with Crippen molar-refractivity contribution in [1.82, 2.24) is 5.32 Å². The van der Waals surface area contributed by atoms with Gasteiger partial charge in [0.2, 0.25) is 0 Å². The monoisotopic (exact) mass is 351 g/mol. The van der Waals surface area contributed by atoms with Crippen LogP contribution in [0.5, 0.6) is 0 Å². The standard InChI is InChI=1S/C18H25NO4S/c1-5-15(21)12-24-16-8-6-13(7-9-16)10-14(11-20)19-17(22)23-18(2,3)4/h6-9,11,14H,5,10,12H2,1-4H3,(H,19,22). The first-order valence-corrected chi connectivity index (χ1v) is 8.90. The molecule has 0 saturated heterocycles. The number of amides is 1. The molecule has 0 spiro atoms. The average Bonchev–Trinajstić information content (AvgIpc) is 2.51. The molecule has 132 valence electrons. The summed E-state index contributed by atoms with van der Waals surface area (Å²) in [5.74, 6) is 0.680. The highest BCUT2D eigenvalue weighted by Crippen LogP contribution is 2.19. The van der Waals surface area contributed by atoms with E-state index in [2.05, 4.69) is 5.32 Å². The summed E-state index contributed by atoms with van der Waals surface area (Å²) in [4.78, 5) is 35.2. The molecule has 1 aromatic carbocycles. The molecule has 1 N–H and O–H groups in total. The Kier molecular flexibility index (Phi) is 7.98. The van der Waals surface area contributed by atoms with Crippen LogP contribution in [0.2, 0.25) is 0 Å².